The number of H-pyrrole nitrogens is 1. The number of hydrogen-bond donors (Lipinski definition) is 2. The fourth-order valence-corrected chi connectivity index (χ4v) is 2.66. The Hall–Kier alpha value is -3.29. The van der Waals surface area contributed by atoms with Gasteiger partial charge in [-0.15, -0.1) is 0 Å². The van der Waals surface area contributed by atoms with Gasteiger partial charge >= 0.3 is 0 Å². The average Bonchev–Trinajstić information content (AvgIpc) is 3.10. The van der Waals surface area contributed by atoms with Crippen LogP contribution in [0.25, 0.3) is 21.8 Å². The van der Waals surface area contributed by atoms with Crippen molar-refractivity contribution in [3.8, 4) is 5.75 Å². The molecule has 8 heteroatoms. The predicted molar refractivity (Wildman–Crippen MR) is 87.5 cm³/mol. The number of rotatable bonds is 3. The van der Waals surface area contributed by atoms with Gasteiger partial charge < -0.3 is 10.1 Å². The summed E-state index contributed by atoms with van der Waals surface area (Å²) in [5.74, 6) is -3.13. The summed E-state index contributed by atoms with van der Waals surface area (Å²) in [6, 6.07) is 7.05. The maximum atomic E-state index is 13.4. The molecule has 0 bridgehead atoms. The van der Waals surface area contributed by atoms with Crippen LogP contribution in [-0.4, -0.2) is 22.3 Å². The molecular weight excluding hydrogens is 333 g/mol. The third-order valence-corrected chi connectivity index (χ3v) is 3.84. The fraction of sp³-hybridized carbons (Fsp3) is 0.0588. The summed E-state index contributed by atoms with van der Waals surface area (Å²) in [5, 5.41) is 11.2. The lowest BCUT2D eigenvalue weighted by Crippen LogP contribution is -1.99. The maximum Gasteiger partial charge on any atom is 0.194 e. The minimum absolute atomic E-state index is 0.0288. The molecule has 2 heterocycles. The minimum Gasteiger partial charge on any atom is -0.497 e. The number of pyridine rings is 1. The number of ether oxygens (including phenoxy) is 1. The molecule has 0 radical (unpaired) electrons. The second kappa shape index (κ2) is 5.66. The lowest BCUT2D eigenvalue weighted by molar-refractivity contribution is 0.415. The first-order chi connectivity index (χ1) is 12.1. The SMILES string of the molecule is COc1ccc2nc(Nc3cc(F)c(F)c(F)c3)c3n[nH]cc3c2c1. The van der Waals surface area contributed by atoms with E-state index in [-0.39, 0.29) is 5.69 Å². The molecule has 2 aromatic heterocycles. The van der Waals surface area contributed by atoms with Crippen molar-refractivity contribution in [2.24, 2.45) is 0 Å². The largest absolute Gasteiger partial charge is 0.497 e. The average molecular weight is 344 g/mol. The van der Waals surface area contributed by atoms with Crippen LogP contribution in [0.4, 0.5) is 24.7 Å². The molecule has 5 nitrogen and oxygen atoms in total. The topological polar surface area (TPSA) is 62.8 Å². The molecule has 25 heavy (non-hydrogen) atoms. The van der Waals surface area contributed by atoms with Gasteiger partial charge in [0.05, 0.1) is 12.6 Å². The Bertz CT molecular complexity index is 1090. The molecule has 126 valence electrons. The van der Waals surface area contributed by atoms with Gasteiger partial charge in [-0.1, -0.05) is 0 Å². The number of benzene rings is 2. The molecule has 2 aromatic carbocycles. The molecule has 0 atom stereocenters. The third-order valence-electron chi connectivity index (χ3n) is 3.84. The van der Waals surface area contributed by atoms with Crippen molar-refractivity contribution >= 4 is 33.3 Å². The molecule has 0 spiro atoms. The fourth-order valence-electron chi connectivity index (χ4n) is 2.66. The van der Waals surface area contributed by atoms with Crippen LogP contribution in [0.3, 0.4) is 0 Å². The number of methoxy groups -OCH3 is 1. The van der Waals surface area contributed by atoms with Crippen molar-refractivity contribution in [3.63, 3.8) is 0 Å². The van der Waals surface area contributed by atoms with Gasteiger partial charge in [0.2, 0.25) is 0 Å². The molecule has 0 amide bonds. The lowest BCUT2D eigenvalue weighted by Gasteiger charge is -2.10. The summed E-state index contributed by atoms with van der Waals surface area (Å²) in [6.07, 6.45) is 1.69. The minimum atomic E-state index is -1.52. The highest BCUT2D eigenvalue weighted by atomic mass is 19.2. The van der Waals surface area contributed by atoms with Gasteiger partial charge in [-0.2, -0.15) is 5.10 Å². The van der Waals surface area contributed by atoms with Crippen LogP contribution in [0, 0.1) is 17.5 Å². The highest BCUT2D eigenvalue weighted by Gasteiger charge is 2.15. The Morgan fingerprint density at radius 2 is 1.80 bits per heavy atom. The number of halogens is 3. The Kier molecular flexibility index (Phi) is 3.45. The Morgan fingerprint density at radius 3 is 2.52 bits per heavy atom. The zero-order valence-electron chi connectivity index (χ0n) is 12.9. The van der Waals surface area contributed by atoms with Gasteiger partial charge in [0.25, 0.3) is 0 Å². The highest BCUT2D eigenvalue weighted by Crippen LogP contribution is 2.32. The Morgan fingerprint density at radius 1 is 1.04 bits per heavy atom. The van der Waals surface area contributed by atoms with Crippen LogP contribution in [0.5, 0.6) is 5.75 Å². The molecule has 0 unspecified atom stereocenters. The van der Waals surface area contributed by atoms with Gasteiger partial charge in [-0.25, -0.2) is 18.2 Å². The standard InChI is InChI=1S/C17H11F3N4O/c1-25-9-2-3-14-10(6-9)11-7-21-24-16(11)17(23-14)22-8-4-12(18)15(20)13(19)5-8/h2-7H,1H3,(H,21,24)(H,22,23). The second-order valence-electron chi connectivity index (χ2n) is 5.37. The lowest BCUT2D eigenvalue weighted by atomic mass is 10.1. The van der Waals surface area contributed by atoms with Crippen molar-refractivity contribution in [1.82, 2.24) is 15.2 Å². The van der Waals surface area contributed by atoms with Crippen molar-refractivity contribution < 1.29 is 17.9 Å². The van der Waals surface area contributed by atoms with Gasteiger partial charge in [-0.3, -0.25) is 5.10 Å². The molecule has 0 aliphatic rings. The van der Waals surface area contributed by atoms with E-state index in [4.69, 9.17) is 4.74 Å². The summed E-state index contributed by atoms with van der Waals surface area (Å²) in [4.78, 5) is 4.44. The summed E-state index contributed by atoms with van der Waals surface area (Å²) in [5.41, 5.74) is 1.15. The first-order valence-corrected chi connectivity index (χ1v) is 7.29. The van der Waals surface area contributed by atoms with Crippen molar-refractivity contribution in [3.05, 3.63) is 54.0 Å². The number of nitrogens with one attached hydrogen (secondary N) is 2. The molecule has 4 aromatic rings. The normalized spacial score (nSPS) is 11.2. The van der Waals surface area contributed by atoms with Crippen LogP contribution in [0.1, 0.15) is 0 Å². The van der Waals surface area contributed by atoms with Crippen LogP contribution in [-0.2, 0) is 0 Å². The summed E-state index contributed by atoms with van der Waals surface area (Å²) in [6.45, 7) is 0. The number of hydrogen-bond acceptors (Lipinski definition) is 4. The molecule has 0 fully saturated rings. The highest BCUT2D eigenvalue weighted by molar-refractivity contribution is 6.09. The number of nitrogens with zero attached hydrogens (tertiary/aromatic N) is 2. The molecular formula is C17H11F3N4O. The first-order valence-electron chi connectivity index (χ1n) is 7.29. The van der Waals surface area contributed by atoms with Crippen LogP contribution in [0.15, 0.2) is 36.5 Å². The van der Waals surface area contributed by atoms with Crippen LogP contribution >= 0.6 is 0 Å². The Balaban J connectivity index is 1.88. The maximum absolute atomic E-state index is 13.4. The van der Waals surface area contributed by atoms with E-state index in [2.05, 4.69) is 20.5 Å². The quantitative estimate of drug-likeness (QED) is 0.545. The molecule has 0 aliphatic heterocycles. The smallest absolute Gasteiger partial charge is 0.194 e. The predicted octanol–water partition coefficient (Wildman–Crippen LogP) is 4.28. The van der Waals surface area contributed by atoms with E-state index < -0.39 is 17.5 Å². The second-order valence-corrected chi connectivity index (χ2v) is 5.37. The van der Waals surface area contributed by atoms with E-state index in [1.54, 1.807) is 25.4 Å². The monoisotopic (exact) mass is 344 g/mol. The van der Waals surface area contributed by atoms with E-state index in [1.807, 2.05) is 6.07 Å². The van der Waals surface area contributed by atoms with Crippen molar-refractivity contribution in [2.75, 3.05) is 12.4 Å². The van der Waals surface area contributed by atoms with Gasteiger partial charge in [0.15, 0.2) is 23.3 Å². The van der Waals surface area contributed by atoms with E-state index in [0.717, 1.165) is 22.9 Å². The van der Waals surface area contributed by atoms with Gasteiger partial charge in [0, 0.05) is 34.8 Å². The zero-order chi connectivity index (χ0) is 17.6. The number of aromatic amines is 1. The molecule has 0 saturated carbocycles. The van der Waals surface area contributed by atoms with Crippen molar-refractivity contribution in [2.45, 2.75) is 0 Å². The van der Waals surface area contributed by atoms with Crippen molar-refractivity contribution in [1.29, 1.82) is 0 Å². The summed E-state index contributed by atoms with van der Waals surface area (Å²) >= 11 is 0. The zero-order valence-corrected chi connectivity index (χ0v) is 12.9. The molecule has 2 N–H and O–H groups in total. The Labute approximate surface area is 139 Å². The molecule has 4 rings (SSSR count). The van der Waals surface area contributed by atoms with Crippen LogP contribution in [0.2, 0.25) is 0 Å². The van der Waals surface area contributed by atoms with Gasteiger partial charge in [-0.05, 0) is 18.2 Å². The van der Waals surface area contributed by atoms with Gasteiger partial charge in [0.1, 0.15) is 11.3 Å². The number of anilines is 2. The summed E-state index contributed by atoms with van der Waals surface area (Å²) in [7, 11) is 1.56. The molecule has 0 aliphatic carbocycles. The molecule has 0 saturated heterocycles. The van der Waals surface area contributed by atoms with E-state index in [1.165, 1.54) is 0 Å². The van der Waals surface area contributed by atoms with E-state index in [0.29, 0.717) is 22.6 Å². The van der Waals surface area contributed by atoms with E-state index in [9.17, 15) is 13.2 Å². The number of aromatic nitrogens is 3. The first kappa shape index (κ1) is 15.3. The number of fused-ring (bicyclic) bond motifs is 3. The van der Waals surface area contributed by atoms with E-state index >= 15 is 0 Å². The third kappa shape index (κ3) is 2.51. The summed E-state index contributed by atoms with van der Waals surface area (Å²) < 4.78 is 45.2. The van der Waals surface area contributed by atoms with Crippen LogP contribution < -0.4 is 10.1 Å².